The lowest BCUT2D eigenvalue weighted by Crippen LogP contribution is -2.28. The summed E-state index contributed by atoms with van der Waals surface area (Å²) in [6, 6.07) is 12.8. The SMILES string of the molecule is Cc1cc(C(C)(C)N)cc2nc(-c3cc(-c4ccc(F)cc4-c4nncn4C)cc(C4CC4)n3)oc12. The molecule has 1 aliphatic carbocycles. The summed E-state index contributed by atoms with van der Waals surface area (Å²) < 4.78 is 22.3. The first-order valence-corrected chi connectivity index (χ1v) is 12.0. The highest BCUT2D eigenvalue weighted by molar-refractivity contribution is 5.84. The second kappa shape index (κ2) is 8.06. The van der Waals surface area contributed by atoms with Crippen molar-refractivity contribution in [2.24, 2.45) is 12.8 Å². The number of aryl methyl sites for hydroxylation is 2. The summed E-state index contributed by atoms with van der Waals surface area (Å²) >= 11 is 0. The molecule has 0 bridgehead atoms. The number of rotatable bonds is 5. The molecule has 36 heavy (non-hydrogen) atoms. The zero-order chi connectivity index (χ0) is 25.2. The van der Waals surface area contributed by atoms with Crippen molar-refractivity contribution in [1.82, 2.24) is 24.7 Å². The van der Waals surface area contributed by atoms with Crippen LogP contribution in [0.5, 0.6) is 0 Å². The number of benzene rings is 2. The maximum atomic E-state index is 14.3. The van der Waals surface area contributed by atoms with E-state index < -0.39 is 5.54 Å². The number of oxazole rings is 1. The second-order valence-electron chi connectivity index (χ2n) is 10.3. The monoisotopic (exact) mass is 482 g/mol. The van der Waals surface area contributed by atoms with Crippen molar-refractivity contribution in [3.05, 3.63) is 71.4 Å². The third kappa shape index (κ3) is 3.97. The number of fused-ring (bicyclic) bond motifs is 1. The predicted molar refractivity (Wildman–Crippen MR) is 137 cm³/mol. The molecule has 182 valence electrons. The third-order valence-electron chi connectivity index (χ3n) is 6.72. The average molecular weight is 483 g/mol. The molecule has 1 saturated carbocycles. The van der Waals surface area contributed by atoms with E-state index in [1.54, 1.807) is 17.0 Å². The smallest absolute Gasteiger partial charge is 0.246 e. The molecule has 0 spiro atoms. The standard InChI is InChI=1S/C28H27FN6O/c1-15-9-18(28(2,3)30)12-23-25(15)36-27(33-23)24-11-17(10-22(32-24)16-5-6-16)20-8-7-19(29)13-21(20)26-34-31-14-35(26)4/h7-14,16H,5-6,30H2,1-4H3. The van der Waals surface area contributed by atoms with E-state index >= 15 is 0 Å². The van der Waals surface area contributed by atoms with Crippen LogP contribution >= 0.6 is 0 Å². The summed E-state index contributed by atoms with van der Waals surface area (Å²) in [4.78, 5) is 9.73. The van der Waals surface area contributed by atoms with Crippen LogP contribution in [0.4, 0.5) is 4.39 Å². The molecule has 2 aromatic carbocycles. The molecule has 0 aliphatic heterocycles. The lowest BCUT2D eigenvalue weighted by molar-refractivity contribution is 0.554. The Bertz CT molecular complexity index is 1620. The van der Waals surface area contributed by atoms with Gasteiger partial charge in [-0.15, -0.1) is 10.2 Å². The predicted octanol–water partition coefficient (Wildman–Crippen LogP) is 5.87. The molecule has 3 heterocycles. The van der Waals surface area contributed by atoms with E-state index in [-0.39, 0.29) is 5.82 Å². The fourth-order valence-electron chi connectivity index (χ4n) is 4.57. The lowest BCUT2D eigenvalue weighted by Gasteiger charge is -2.19. The molecule has 0 atom stereocenters. The van der Waals surface area contributed by atoms with Gasteiger partial charge in [0.2, 0.25) is 5.89 Å². The average Bonchev–Trinajstić information content (AvgIpc) is 3.45. The zero-order valence-electron chi connectivity index (χ0n) is 20.7. The van der Waals surface area contributed by atoms with Gasteiger partial charge in [-0.3, -0.25) is 0 Å². The van der Waals surface area contributed by atoms with E-state index in [4.69, 9.17) is 20.1 Å². The molecule has 7 nitrogen and oxygen atoms in total. The van der Waals surface area contributed by atoms with Crippen molar-refractivity contribution >= 4 is 11.1 Å². The Kier molecular flexibility index (Phi) is 5.05. The second-order valence-corrected chi connectivity index (χ2v) is 10.3. The van der Waals surface area contributed by atoms with E-state index in [9.17, 15) is 4.39 Å². The van der Waals surface area contributed by atoms with Crippen LogP contribution < -0.4 is 5.73 Å². The Morgan fingerprint density at radius 2 is 1.86 bits per heavy atom. The first-order valence-electron chi connectivity index (χ1n) is 12.0. The number of nitrogens with zero attached hydrogens (tertiary/aromatic N) is 5. The highest BCUT2D eigenvalue weighted by Crippen LogP contribution is 2.42. The quantitative estimate of drug-likeness (QED) is 0.337. The summed E-state index contributed by atoms with van der Waals surface area (Å²) in [5.74, 6) is 1.11. The van der Waals surface area contributed by atoms with Crippen LogP contribution in [0.1, 0.15) is 49.4 Å². The fourth-order valence-corrected chi connectivity index (χ4v) is 4.57. The van der Waals surface area contributed by atoms with Crippen LogP contribution in [0, 0.1) is 12.7 Å². The largest absolute Gasteiger partial charge is 0.434 e. The van der Waals surface area contributed by atoms with Gasteiger partial charge in [0.05, 0.1) is 0 Å². The fraction of sp³-hybridized carbons (Fsp3) is 0.286. The summed E-state index contributed by atoms with van der Waals surface area (Å²) in [6.45, 7) is 5.94. The Morgan fingerprint density at radius 3 is 2.56 bits per heavy atom. The Balaban J connectivity index is 1.53. The molecule has 8 heteroatoms. The van der Waals surface area contributed by atoms with Crippen molar-refractivity contribution in [2.75, 3.05) is 0 Å². The highest BCUT2D eigenvalue weighted by Gasteiger charge is 2.28. The van der Waals surface area contributed by atoms with Gasteiger partial charge in [-0.25, -0.2) is 14.4 Å². The van der Waals surface area contributed by atoms with E-state index in [0.29, 0.717) is 28.9 Å². The molecule has 3 aromatic heterocycles. The van der Waals surface area contributed by atoms with Crippen LogP contribution in [0.3, 0.4) is 0 Å². The van der Waals surface area contributed by atoms with Crippen molar-refractivity contribution in [1.29, 1.82) is 0 Å². The van der Waals surface area contributed by atoms with Crippen molar-refractivity contribution in [2.45, 2.75) is 45.1 Å². The summed E-state index contributed by atoms with van der Waals surface area (Å²) in [6.07, 6.45) is 3.79. The summed E-state index contributed by atoms with van der Waals surface area (Å²) in [7, 11) is 1.84. The van der Waals surface area contributed by atoms with Gasteiger partial charge in [0, 0.05) is 29.8 Å². The number of nitrogens with two attached hydrogens (primary N) is 1. The molecule has 0 saturated heterocycles. The molecular weight excluding hydrogens is 455 g/mol. The summed E-state index contributed by atoms with van der Waals surface area (Å²) in [5, 5.41) is 8.20. The van der Waals surface area contributed by atoms with Gasteiger partial charge in [-0.05, 0) is 86.2 Å². The first kappa shape index (κ1) is 22.5. The maximum absolute atomic E-state index is 14.3. The van der Waals surface area contributed by atoms with Gasteiger partial charge >= 0.3 is 0 Å². The van der Waals surface area contributed by atoms with Crippen molar-refractivity contribution < 1.29 is 8.81 Å². The van der Waals surface area contributed by atoms with Crippen LogP contribution in [-0.2, 0) is 12.6 Å². The van der Waals surface area contributed by atoms with Crippen molar-refractivity contribution in [3.63, 3.8) is 0 Å². The van der Waals surface area contributed by atoms with E-state index in [0.717, 1.165) is 51.9 Å². The molecule has 5 aromatic rings. The topological polar surface area (TPSA) is 95.7 Å². The van der Waals surface area contributed by atoms with Crippen LogP contribution in [-0.4, -0.2) is 24.7 Å². The number of halogens is 1. The molecule has 1 fully saturated rings. The van der Waals surface area contributed by atoms with Gasteiger partial charge in [0.15, 0.2) is 11.4 Å². The van der Waals surface area contributed by atoms with E-state index in [2.05, 4.69) is 16.3 Å². The zero-order valence-corrected chi connectivity index (χ0v) is 20.7. The molecule has 6 rings (SSSR count). The first-order chi connectivity index (χ1) is 17.2. The normalized spacial score (nSPS) is 14.1. The molecule has 0 radical (unpaired) electrons. The van der Waals surface area contributed by atoms with Crippen LogP contribution in [0.15, 0.2) is 53.2 Å². The van der Waals surface area contributed by atoms with E-state index in [1.165, 1.54) is 12.1 Å². The lowest BCUT2D eigenvalue weighted by atomic mass is 9.94. The Hall–Kier alpha value is -3.91. The third-order valence-corrected chi connectivity index (χ3v) is 6.72. The molecule has 1 aliphatic rings. The molecular formula is C28H27FN6O. The summed E-state index contributed by atoms with van der Waals surface area (Å²) in [5.41, 5.74) is 13.3. The van der Waals surface area contributed by atoms with Gasteiger partial charge in [0.25, 0.3) is 0 Å². The van der Waals surface area contributed by atoms with Gasteiger partial charge in [0.1, 0.15) is 23.4 Å². The van der Waals surface area contributed by atoms with Crippen LogP contribution in [0.25, 0.3) is 45.2 Å². The van der Waals surface area contributed by atoms with Crippen LogP contribution in [0.2, 0.25) is 0 Å². The minimum Gasteiger partial charge on any atom is -0.434 e. The van der Waals surface area contributed by atoms with Crippen molar-refractivity contribution in [3.8, 4) is 34.1 Å². The van der Waals surface area contributed by atoms with E-state index in [1.807, 2.05) is 46.0 Å². The Morgan fingerprint density at radius 1 is 1.06 bits per heavy atom. The molecule has 2 N–H and O–H groups in total. The minimum absolute atomic E-state index is 0.332. The maximum Gasteiger partial charge on any atom is 0.246 e. The van der Waals surface area contributed by atoms with Gasteiger partial charge in [-0.2, -0.15) is 0 Å². The minimum atomic E-state index is -0.492. The Labute approximate surface area is 208 Å². The highest BCUT2D eigenvalue weighted by atomic mass is 19.1. The number of hydrogen-bond acceptors (Lipinski definition) is 6. The number of pyridine rings is 1. The molecule has 0 amide bonds. The number of hydrogen-bond donors (Lipinski definition) is 1. The number of aromatic nitrogens is 5. The van der Waals surface area contributed by atoms with Gasteiger partial charge < -0.3 is 14.7 Å². The van der Waals surface area contributed by atoms with Gasteiger partial charge in [-0.1, -0.05) is 12.1 Å². The molecule has 0 unspecified atom stereocenters.